The maximum absolute atomic E-state index is 13.1. The standard InChI is InChI=1S/C22H27F2N2O6PS/c1-4-31-19-12-16(25-21(28)15(13-27)10-14(2)3)8-9-20(19)34(29,30)26-17-6-5-7-18(11-17)32-22(23,24)33/h5-9,11-12,15,26-27H,2,4,10,13,33H2,1,3H3,(H,25,28). The number of sulfonamides is 1. The van der Waals surface area contributed by atoms with Gasteiger partial charge in [0.1, 0.15) is 16.4 Å². The zero-order valence-corrected chi connectivity index (χ0v) is 20.6. The Balaban J connectivity index is 2.29. The van der Waals surface area contributed by atoms with Crippen molar-refractivity contribution in [3.05, 3.63) is 54.6 Å². The fraction of sp³-hybridized carbons (Fsp3) is 0.318. The molecule has 2 rings (SSSR count). The molecule has 0 aliphatic carbocycles. The van der Waals surface area contributed by atoms with Crippen molar-refractivity contribution in [2.75, 3.05) is 23.3 Å². The first-order chi connectivity index (χ1) is 15.8. The summed E-state index contributed by atoms with van der Waals surface area (Å²) >= 11 is 0. The number of aliphatic hydroxyl groups is 1. The van der Waals surface area contributed by atoms with E-state index in [0.717, 1.165) is 11.6 Å². The predicted octanol–water partition coefficient (Wildman–Crippen LogP) is 4.20. The molecule has 0 aromatic heterocycles. The molecule has 2 aromatic carbocycles. The Morgan fingerprint density at radius 1 is 1.24 bits per heavy atom. The van der Waals surface area contributed by atoms with Crippen molar-refractivity contribution in [2.24, 2.45) is 5.92 Å². The Morgan fingerprint density at radius 2 is 1.94 bits per heavy atom. The fourth-order valence-electron chi connectivity index (χ4n) is 2.97. The zero-order chi connectivity index (χ0) is 25.5. The Bertz CT molecular complexity index is 1140. The van der Waals surface area contributed by atoms with Gasteiger partial charge in [-0.2, -0.15) is 8.78 Å². The van der Waals surface area contributed by atoms with Crippen molar-refractivity contribution in [3.8, 4) is 11.5 Å². The van der Waals surface area contributed by atoms with Crippen LogP contribution in [0.5, 0.6) is 11.5 Å². The van der Waals surface area contributed by atoms with Crippen LogP contribution >= 0.6 is 9.24 Å². The van der Waals surface area contributed by atoms with Gasteiger partial charge < -0.3 is 19.9 Å². The van der Waals surface area contributed by atoms with Crippen LogP contribution in [0.15, 0.2) is 59.5 Å². The number of hydrogen-bond donors (Lipinski definition) is 3. The first-order valence-electron chi connectivity index (χ1n) is 10.2. The summed E-state index contributed by atoms with van der Waals surface area (Å²) in [7, 11) is -2.97. The Kier molecular flexibility index (Phi) is 9.37. The molecule has 1 amide bonds. The van der Waals surface area contributed by atoms with Gasteiger partial charge in [-0.1, -0.05) is 11.6 Å². The minimum absolute atomic E-state index is 0.00263. The van der Waals surface area contributed by atoms with Crippen molar-refractivity contribution in [3.63, 3.8) is 0 Å². The molecule has 34 heavy (non-hydrogen) atoms. The maximum atomic E-state index is 13.1. The van der Waals surface area contributed by atoms with Gasteiger partial charge in [0.05, 0.1) is 24.8 Å². The van der Waals surface area contributed by atoms with E-state index in [1.165, 1.54) is 45.6 Å². The molecule has 0 radical (unpaired) electrons. The quantitative estimate of drug-likeness (QED) is 0.288. The van der Waals surface area contributed by atoms with Crippen molar-refractivity contribution in [1.82, 2.24) is 0 Å². The highest BCUT2D eigenvalue weighted by atomic mass is 32.2. The smallest absolute Gasteiger partial charge is 0.408 e. The van der Waals surface area contributed by atoms with Crippen molar-refractivity contribution in [1.29, 1.82) is 0 Å². The molecule has 12 heteroatoms. The Labute approximate surface area is 199 Å². The number of aliphatic hydroxyl groups excluding tert-OH is 1. The third-order valence-corrected chi connectivity index (χ3v) is 5.87. The SMILES string of the molecule is C=C(C)CC(CO)C(=O)Nc1ccc(S(=O)(=O)Nc2cccc(OC(F)(F)P)c2)c(OCC)c1. The monoisotopic (exact) mass is 516 g/mol. The summed E-state index contributed by atoms with van der Waals surface area (Å²) in [6.07, 6.45) is 0.294. The average molecular weight is 517 g/mol. The first kappa shape index (κ1) is 27.5. The molecule has 2 atom stereocenters. The van der Waals surface area contributed by atoms with E-state index < -0.39 is 27.7 Å². The number of carbonyl (C=O) groups excluding carboxylic acids is 1. The van der Waals surface area contributed by atoms with Gasteiger partial charge in [0.2, 0.25) is 5.91 Å². The summed E-state index contributed by atoms with van der Waals surface area (Å²) in [5, 5.41) is 12.1. The lowest BCUT2D eigenvalue weighted by molar-refractivity contribution is -0.121. The number of benzene rings is 2. The van der Waals surface area contributed by atoms with Crippen molar-refractivity contribution >= 4 is 36.5 Å². The number of rotatable bonds is 12. The number of amides is 1. The number of ether oxygens (including phenoxy) is 2. The molecular formula is C22H27F2N2O6PS. The van der Waals surface area contributed by atoms with Crippen LogP contribution in [0.1, 0.15) is 20.3 Å². The zero-order valence-electron chi connectivity index (χ0n) is 18.7. The fourth-order valence-corrected chi connectivity index (χ4v) is 4.28. The van der Waals surface area contributed by atoms with Crippen LogP contribution in [0.4, 0.5) is 20.2 Å². The van der Waals surface area contributed by atoms with Gasteiger partial charge in [0.15, 0.2) is 0 Å². The molecule has 0 saturated carbocycles. The lowest BCUT2D eigenvalue weighted by atomic mass is 10.0. The minimum Gasteiger partial charge on any atom is -0.492 e. The third kappa shape index (κ3) is 8.23. The van der Waals surface area contributed by atoms with Crippen LogP contribution in [-0.4, -0.2) is 38.5 Å². The van der Waals surface area contributed by atoms with E-state index in [1.807, 2.05) is 0 Å². The van der Waals surface area contributed by atoms with Gasteiger partial charge in [0.25, 0.3) is 10.0 Å². The molecule has 2 unspecified atom stereocenters. The highest BCUT2D eigenvalue weighted by Gasteiger charge is 2.25. The lowest BCUT2D eigenvalue weighted by Gasteiger charge is -2.17. The van der Waals surface area contributed by atoms with Crippen molar-refractivity contribution in [2.45, 2.75) is 31.0 Å². The molecule has 3 N–H and O–H groups in total. The Hall–Kier alpha value is -2.75. The topological polar surface area (TPSA) is 114 Å². The molecular weight excluding hydrogens is 489 g/mol. The van der Waals surface area contributed by atoms with Gasteiger partial charge >= 0.3 is 5.85 Å². The lowest BCUT2D eigenvalue weighted by Crippen LogP contribution is -2.26. The number of anilines is 2. The van der Waals surface area contributed by atoms with E-state index in [1.54, 1.807) is 13.8 Å². The molecule has 0 spiro atoms. The van der Waals surface area contributed by atoms with Gasteiger partial charge in [0, 0.05) is 17.8 Å². The molecule has 0 fully saturated rings. The second-order valence-corrected chi connectivity index (χ2v) is 9.74. The molecule has 8 nitrogen and oxygen atoms in total. The van der Waals surface area contributed by atoms with Crippen LogP contribution in [-0.2, 0) is 14.8 Å². The summed E-state index contributed by atoms with van der Waals surface area (Å²) in [5.74, 6) is -4.95. The summed E-state index contributed by atoms with van der Waals surface area (Å²) in [4.78, 5) is 12.2. The highest BCUT2D eigenvalue weighted by Crippen LogP contribution is 2.32. The number of carbonyl (C=O) groups is 1. The second kappa shape index (κ2) is 11.6. The third-order valence-electron chi connectivity index (χ3n) is 4.33. The normalized spacial score (nSPS) is 12.5. The largest absolute Gasteiger partial charge is 0.492 e. The second-order valence-electron chi connectivity index (χ2n) is 7.42. The number of halogens is 2. The number of hydrogen-bond acceptors (Lipinski definition) is 6. The average Bonchev–Trinajstić information content (AvgIpc) is 2.70. The van der Waals surface area contributed by atoms with E-state index in [2.05, 4.69) is 21.4 Å². The van der Waals surface area contributed by atoms with E-state index >= 15 is 0 Å². The van der Waals surface area contributed by atoms with Crippen LogP contribution in [0.2, 0.25) is 0 Å². The molecule has 0 aliphatic rings. The molecule has 0 heterocycles. The van der Waals surface area contributed by atoms with Gasteiger partial charge in [-0.15, -0.1) is 6.58 Å². The van der Waals surface area contributed by atoms with E-state index in [0.29, 0.717) is 6.42 Å². The summed E-state index contributed by atoms with van der Waals surface area (Å²) in [5.41, 5.74) is 0.996. The van der Waals surface area contributed by atoms with Crippen LogP contribution in [0.25, 0.3) is 0 Å². The molecule has 0 aliphatic heterocycles. The maximum Gasteiger partial charge on any atom is 0.408 e. The van der Waals surface area contributed by atoms with Gasteiger partial charge in [-0.3, -0.25) is 9.52 Å². The highest BCUT2D eigenvalue weighted by molar-refractivity contribution is 7.92. The summed E-state index contributed by atoms with van der Waals surface area (Å²) < 4.78 is 64.3. The molecule has 0 saturated heterocycles. The minimum atomic E-state index is -4.20. The van der Waals surface area contributed by atoms with Crippen LogP contribution in [0.3, 0.4) is 0 Å². The molecule has 0 bridgehead atoms. The number of nitrogens with one attached hydrogen (secondary N) is 2. The summed E-state index contributed by atoms with van der Waals surface area (Å²) in [6, 6.07) is 9.06. The molecule has 2 aromatic rings. The van der Waals surface area contributed by atoms with Crippen molar-refractivity contribution < 1.29 is 36.6 Å². The van der Waals surface area contributed by atoms with E-state index in [9.17, 15) is 27.1 Å². The molecule has 186 valence electrons. The van der Waals surface area contributed by atoms with Crippen LogP contribution in [0, 0.1) is 5.92 Å². The van der Waals surface area contributed by atoms with Gasteiger partial charge in [-0.25, -0.2) is 8.42 Å². The number of allylic oxidation sites excluding steroid dienone is 1. The summed E-state index contributed by atoms with van der Waals surface area (Å²) in [6.45, 7) is 6.90. The number of alkyl halides is 2. The van der Waals surface area contributed by atoms with E-state index in [4.69, 9.17) is 4.74 Å². The Morgan fingerprint density at radius 3 is 2.53 bits per heavy atom. The predicted molar refractivity (Wildman–Crippen MR) is 129 cm³/mol. The first-order valence-corrected chi connectivity index (χ1v) is 12.2. The van der Waals surface area contributed by atoms with Crippen LogP contribution < -0.4 is 19.5 Å². The van der Waals surface area contributed by atoms with E-state index in [-0.39, 0.29) is 41.0 Å². The van der Waals surface area contributed by atoms with Gasteiger partial charge in [-0.05, 0) is 53.8 Å².